The van der Waals surface area contributed by atoms with Gasteiger partial charge in [0.25, 0.3) is 5.91 Å². The molecule has 3 rings (SSSR count). The molecule has 0 aliphatic carbocycles. The van der Waals surface area contributed by atoms with Crippen molar-refractivity contribution in [3.05, 3.63) is 53.1 Å². The maximum absolute atomic E-state index is 13.1. The highest BCUT2D eigenvalue weighted by atomic mass is 35.5. The first kappa shape index (κ1) is 19.9. The fourth-order valence-corrected chi connectivity index (χ4v) is 3.45. The van der Waals surface area contributed by atoms with Gasteiger partial charge in [-0.25, -0.2) is 0 Å². The number of halogens is 1. The second-order valence-electron chi connectivity index (χ2n) is 6.34. The molecule has 0 saturated carbocycles. The highest BCUT2D eigenvalue weighted by Crippen LogP contribution is 2.39. The van der Waals surface area contributed by atoms with Crippen molar-refractivity contribution in [1.82, 2.24) is 4.90 Å². The normalized spacial score (nSPS) is 16.1. The van der Waals surface area contributed by atoms with E-state index in [0.29, 0.717) is 11.3 Å². The minimum atomic E-state index is -0.00538. The zero-order valence-electron chi connectivity index (χ0n) is 15.3. The minimum Gasteiger partial charge on any atom is -0.497 e. The number of nitrogen functional groups attached to an aromatic ring is 1. The van der Waals surface area contributed by atoms with Crippen LogP contribution in [0.25, 0.3) is 0 Å². The topological polar surface area (TPSA) is 64.8 Å². The number of hydrogen-bond donors (Lipinski definition) is 1. The Morgan fingerprint density at radius 3 is 2.62 bits per heavy atom. The van der Waals surface area contributed by atoms with Gasteiger partial charge in [0.1, 0.15) is 11.5 Å². The molecule has 1 aliphatic rings. The van der Waals surface area contributed by atoms with Crippen molar-refractivity contribution in [3.8, 4) is 11.5 Å². The van der Waals surface area contributed by atoms with Crippen LogP contribution in [0.2, 0.25) is 0 Å². The van der Waals surface area contributed by atoms with E-state index in [0.717, 1.165) is 42.0 Å². The molecule has 0 spiro atoms. The van der Waals surface area contributed by atoms with E-state index in [1.54, 1.807) is 20.3 Å². The van der Waals surface area contributed by atoms with E-state index in [2.05, 4.69) is 0 Å². The Hall–Kier alpha value is -2.40. The lowest BCUT2D eigenvalue weighted by Crippen LogP contribution is -2.31. The van der Waals surface area contributed by atoms with Crippen LogP contribution in [0, 0.1) is 6.92 Å². The van der Waals surface area contributed by atoms with Gasteiger partial charge in [-0.2, -0.15) is 0 Å². The summed E-state index contributed by atoms with van der Waals surface area (Å²) in [5.41, 5.74) is 9.10. The summed E-state index contributed by atoms with van der Waals surface area (Å²) in [6.45, 7) is 2.67. The van der Waals surface area contributed by atoms with E-state index in [-0.39, 0.29) is 24.4 Å². The number of amides is 1. The smallest absolute Gasteiger partial charge is 0.254 e. The highest BCUT2D eigenvalue weighted by molar-refractivity contribution is 5.97. The molecule has 140 valence electrons. The predicted molar refractivity (Wildman–Crippen MR) is 105 cm³/mol. The Bertz CT molecular complexity index is 795. The van der Waals surface area contributed by atoms with Gasteiger partial charge in [-0.1, -0.05) is 6.07 Å². The van der Waals surface area contributed by atoms with Gasteiger partial charge >= 0.3 is 0 Å². The van der Waals surface area contributed by atoms with Crippen molar-refractivity contribution in [3.63, 3.8) is 0 Å². The molecular weight excluding hydrogens is 352 g/mol. The first-order valence-electron chi connectivity index (χ1n) is 8.44. The van der Waals surface area contributed by atoms with Crippen LogP contribution in [0.3, 0.4) is 0 Å². The lowest BCUT2D eigenvalue weighted by Gasteiger charge is -2.27. The van der Waals surface area contributed by atoms with Gasteiger partial charge in [-0.15, -0.1) is 12.4 Å². The minimum absolute atomic E-state index is 0. The van der Waals surface area contributed by atoms with Crippen LogP contribution in [0.4, 0.5) is 5.69 Å². The average Bonchev–Trinajstić information content (AvgIpc) is 3.12. The third-order valence-corrected chi connectivity index (χ3v) is 4.81. The Morgan fingerprint density at radius 2 is 1.92 bits per heavy atom. The zero-order valence-corrected chi connectivity index (χ0v) is 16.1. The lowest BCUT2D eigenvalue weighted by atomic mass is 10.0. The molecule has 1 fully saturated rings. The number of likely N-dealkylation sites (tertiary alicyclic amines) is 1. The molecular formula is C20H25ClN2O3. The van der Waals surface area contributed by atoms with Gasteiger partial charge in [-0.3, -0.25) is 4.79 Å². The van der Waals surface area contributed by atoms with Crippen molar-refractivity contribution in [2.45, 2.75) is 25.8 Å². The van der Waals surface area contributed by atoms with Gasteiger partial charge in [0.05, 0.1) is 20.3 Å². The highest BCUT2D eigenvalue weighted by Gasteiger charge is 2.33. The molecule has 2 aromatic carbocycles. The molecule has 1 atom stereocenters. The van der Waals surface area contributed by atoms with Gasteiger partial charge in [0.15, 0.2) is 0 Å². The monoisotopic (exact) mass is 376 g/mol. The largest absolute Gasteiger partial charge is 0.497 e. The SMILES string of the molecule is COc1ccc(C2CCCN2C(=O)c2cc(N)ccc2C)c(OC)c1.Cl. The Morgan fingerprint density at radius 1 is 1.15 bits per heavy atom. The van der Waals surface area contributed by atoms with Crippen LogP contribution < -0.4 is 15.2 Å². The standard InChI is InChI=1S/C20H24N2O3.ClH/c1-13-6-7-14(21)11-17(13)20(23)22-10-4-5-18(22)16-9-8-15(24-2)12-19(16)25-3;/h6-9,11-12,18H,4-5,10,21H2,1-3H3;1H. The number of methoxy groups -OCH3 is 2. The first-order valence-corrected chi connectivity index (χ1v) is 8.44. The number of nitrogens with two attached hydrogens (primary N) is 1. The number of carbonyl (C=O) groups is 1. The molecule has 5 nitrogen and oxygen atoms in total. The molecule has 1 unspecified atom stereocenters. The van der Waals surface area contributed by atoms with Crippen molar-refractivity contribution in [2.24, 2.45) is 0 Å². The van der Waals surface area contributed by atoms with E-state index in [9.17, 15) is 4.79 Å². The fourth-order valence-electron chi connectivity index (χ4n) is 3.45. The second kappa shape index (κ2) is 8.32. The van der Waals surface area contributed by atoms with E-state index in [4.69, 9.17) is 15.2 Å². The Balaban J connectivity index is 0.00000243. The summed E-state index contributed by atoms with van der Waals surface area (Å²) in [6, 6.07) is 11.2. The molecule has 0 radical (unpaired) electrons. The van der Waals surface area contributed by atoms with Crippen LogP contribution in [-0.4, -0.2) is 31.6 Å². The van der Waals surface area contributed by atoms with Crippen LogP contribution >= 0.6 is 12.4 Å². The summed E-state index contributed by atoms with van der Waals surface area (Å²) >= 11 is 0. The molecule has 2 N–H and O–H groups in total. The molecule has 1 heterocycles. The number of ether oxygens (including phenoxy) is 2. The van der Waals surface area contributed by atoms with E-state index in [1.807, 2.05) is 42.2 Å². The van der Waals surface area contributed by atoms with Crippen LogP contribution in [0.1, 0.15) is 40.4 Å². The van der Waals surface area contributed by atoms with Gasteiger partial charge in [-0.05, 0) is 49.6 Å². The molecule has 1 saturated heterocycles. The molecule has 1 amide bonds. The summed E-state index contributed by atoms with van der Waals surface area (Å²) < 4.78 is 10.8. The van der Waals surface area contributed by atoms with Gasteiger partial charge in [0.2, 0.25) is 0 Å². The van der Waals surface area contributed by atoms with Crippen molar-refractivity contribution < 1.29 is 14.3 Å². The number of carbonyl (C=O) groups excluding carboxylic acids is 1. The quantitative estimate of drug-likeness (QED) is 0.819. The van der Waals surface area contributed by atoms with E-state index in [1.165, 1.54) is 0 Å². The van der Waals surface area contributed by atoms with E-state index >= 15 is 0 Å². The zero-order chi connectivity index (χ0) is 18.0. The molecule has 1 aliphatic heterocycles. The third kappa shape index (κ3) is 3.73. The van der Waals surface area contributed by atoms with Crippen LogP contribution in [0.15, 0.2) is 36.4 Å². The molecule has 0 aromatic heterocycles. The van der Waals surface area contributed by atoms with Crippen molar-refractivity contribution in [1.29, 1.82) is 0 Å². The number of aryl methyl sites for hydroxylation is 1. The van der Waals surface area contributed by atoms with Gasteiger partial charge in [0, 0.05) is 29.4 Å². The average molecular weight is 377 g/mol. The number of rotatable bonds is 4. The third-order valence-electron chi connectivity index (χ3n) is 4.81. The summed E-state index contributed by atoms with van der Waals surface area (Å²) in [4.78, 5) is 15.1. The number of anilines is 1. The van der Waals surface area contributed by atoms with E-state index < -0.39 is 0 Å². The number of nitrogens with zero attached hydrogens (tertiary/aromatic N) is 1. The molecule has 0 bridgehead atoms. The Kier molecular flexibility index (Phi) is 6.37. The summed E-state index contributed by atoms with van der Waals surface area (Å²) in [7, 11) is 3.27. The summed E-state index contributed by atoms with van der Waals surface area (Å²) in [5, 5.41) is 0. The predicted octanol–water partition coefficient (Wildman–Crippen LogP) is 3.99. The lowest BCUT2D eigenvalue weighted by molar-refractivity contribution is 0.0733. The number of hydrogen-bond acceptors (Lipinski definition) is 4. The maximum Gasteiger partial charge on any atom is 0.254 e. The summed E-state index contributed by atoms with van der Waals surface area (Å²) in [5.74, 6) is 1.50. The molecule has 2 aromatic rings. The molecule has 6 heteroatoms. The molecule has 26 heavy (non-hydrogen) atoms. The maximum atomic E-state index is 13.1. The second-order valence-corrected chi connectivity index (χ2v) is 6.34. The fraction of sp³-hybridized carbons (Fsp3) is 0.350. The first-order chi connectivity index (χ1) is 12.0. The van der Waals surface area contributed by atoms with Crippen LogP contribution in [0.5, 0.6) is 11.5 Å². The number of benzene rings is 2. The van der Waals surface area contributed by atoms with Crippen LogP contribution in [-0.2, 0) is 0 Å². The van der Waals surface area contributed by atoms with Gasteiger partial charge < -0.3 is 20.1 Å². The van der Waals surface area contributed by atoms with Crippen molar-refractivity contribution in [2.75, 3.05) is 26.5 Å². The Labute approximate surface area is 160 Å². The van der Waals surface area contributed by atoms with Crippen molar-refractivity contribution >= 4 is 24.0 Å². The summed E-state index contributed by atoms with van der Waals surface area (Å²) in [6.07, 6.45) is 1.88.